The van der Waals surface area contributed by atoms with Gasteiger partial charge in [-0.2, -0.15) is 0 Å². The topological polar surface area (TPSA) is 46.5 Å². The molecular weight excluding hydrogens is 200 g/mol. The van der Waals surface area contributed by atoms with Crippen molar-refractivity contribution in [3.8, 4) is 5.75 Å². The van der Waals surface area contributed by atoms with Crippen LogP contribution in [0, 0.1) is 0 Å². The number of thiophene rings is 1. The molecule has 0 radical (unpaired) electrons. The Morgan fingerprint density at radius 1 is 1.71 bits per heavy atom. The first-order chi connectivity index (χ1) is 6.59. The van der Waals surface area contributed by atoms with Crippen molar-refractivity contribution < 1.29 is 14.6 Å². The predicted octanol–water partition coefficient (Wildman–Crippen LogP) is 2.79. The van der Waals surface area contributed by atoms with Crippen LogP contribution in [0.2, 0.25) is 0 Å². The van der Waals surface area contributed by atoms with Gasteiger partial charge in [-0.1, -0.05) is 5.57 Å². The summed E-state index contributed by atoms with van der Waals surface area (Å²) >= 11 is 1.17. The van der Waals surface area contributed by atoms with E-state index in [1.165, 1.54) is 17.4 Å². The molecule has 0 bridgehead atoms. The summed E-state index contributed by atoms with van der Waals surface area (Å²) in [7, 11) is 0. The van der Waals surface area contributed by atoms with Crippen molar-refractivity contribution >= 4 is 17.3 Å². The molecule has 0 unspecified atom stereocenters. The first kappa shape index (κ1) is 10.8. The zero-order chi connectivity index (χ0) is 10.6. The minimum absolute atomic E-state index is 0.301. The summed E-state index contributed by atoms with van der Waals surface area (Å²) in [6.45, 7) is 6.23. The molecule has 0 aliphatic rings. The Bertz CT molecular complexity index is 341. The maximum absolute atomic E-state index is 10.5. The third-order valence-electron chi connectivity index (χ3n) is 1.58. The van der Waals surface area contributed by atoms with Crippen molar-refractivity contribution in [1.29, 1.82) is 0 Å². The van der Waals surface area contributed by atoms with Gasteiger partial charge in [0.25, 0.3) is 0 Å². The Labute approximate surface area is 86.6 Å². The van der Waals surface area contributed by atoms with Crippen molar-refractivity contribution in [3.63, 3.8) is 0 Å². The fourth-order valence-electron chi connectivity index (χ4n) is 0.850. The van der Waals surface area contributed by atoms with Crippen LogP contribution in [0.5, 0.6) is 5.75 Å². The van der Waals surface area contributed by atoms with Gasteiger partial charge in [-0.3, -0.25) is 0 Å². The second kappa shape index (κ2) is 4.81. The Kier molecular flexibility index (Phi) is 3.71. The normalized spacial score (nSPS) is 9.79. The SMILES string of the molecule is C=C(C)CCOc1csc(C(=O)O)c1. The molecule has 1 aromatic heterocycles. The van der Waals surface area contributed by atoms with E-state index < -0.39 is 5.97 Å². The van der Waals surface area contributed by atoms with Crippen LogP contribution in [0.1, 0.15) is 23.0 Å². The van der Waals surface area contributed by atoms with Gasteiger partial charge < -0.3 is 9.84 Å². The molecule has 1 N–H and O–H groups in total. The minimum atomic E-state index is -0.912. The van der Waals surface area contributed by atoms with E-state index in [1.54, 1.807) is 5.38 Å². The fourth-order valence-corrected chi connectivity index (χ4v) is 1.51. The van der Waals surface area contributed by atoms with Gasteiger partial charge in [-0.05, 0) is 6.92 Å². The van der Waals surface area contributed by atoms with Gasteiger partial charge in [-0.25, -0.2) is 4.79 Å². The van der Waals surface area contributed by atoms with E-state index in [-0.39, 0.29) is 0 Å². The number of carbonyl (C=O) groups is 1. The maximum Gasteiger partial charge on any atom is 0.346 e. The quantitative estimate of drug-likeness (QED) is 0.763. The van der Waals surface area contributed by atoms with E-state index >= 15 is 0 Å². The summed E-state index contributed by atoms with van der Waals surface area (Å²) in [5, 5.41) is 10.3. The molecule has 0 spiro atoms. The molecule has 0 atom stereocenters. The van der Waals surface area contributed by atoms with E-state index in [4.69, 9.17) is 9.84 Å². The second-order valence-electron chi connectivity index (χ2n) is 3.01. The van der Waals surface area contributed by atoms with Gasteiger partial charge >= 0.3 is 5.97 Å². The van der Waals surface area contributed by atoms with E-state index in [2.05, 4.69) is 6.58 Å². The molecule has 76 valence electrons. The van der Waals surface area contributed by atoms with Crippen LogP contribution in [-0.2, 0) is 0 Å². The zero-order valence-electron chi connectivity index (χ0n) is 7.95. The van der Waals surface area contributed by atoms with Gasteiger partial charge in [0.2, 0.25) is 0 Å². The van der Waals surface area contributed by atoms with Gasteiger partial charge in [0.15, 0.2) is 0 Å². The number of rotatable bonds is 5. The number of ether oxygens (including phenoxy) is 1. The highest BCUT2D eigenvalue weighted by Crippen LogP contribution is 2.21. The summed E-state index contributed by atoms with van der Waals surface area (Å²) in [6, 6.07) is 1.53. The number of hydrogen-bond donors (Lipinski definition) is 1. The molecule has 1 aromatic rings. The molecule has 0 saturated heterocycles. The van der Waals surface area contributed by atoms with Gasteiger partial charge in [0, 0.05) is 17.9 Å². The monoisotopic (exact) mass is 212 g/mol. The van der Waals surface area contributed by atoms with Crippen LogP contribution in [0.3, 0.4) is 0 Å². The lowest BCUT2D eigenvalue weighted by Crippen LogP contribution is -1.96. The van der Waals surface area contributed by atoms with E-state index in [9.17, 15) is 4.79 Å². The van der Waals surface area contributed by atoms with Crippen LogP contribution in [0.15, 0.2) is 23.6 Å². The molecule has 1 heterocycles. The van der Waals surface area contributed by atoms with Crippen molar-refractivity contribution in [2.24, 2.45) is 0 Å². The Hall–Kier alpha value is -1.29. The maximum atomic E-state index is 10.5. The number of aromatic carboxylic acids is 1. The molecule has 14 heavy (non-hydrogen) atoms. The minimum Gasteiger partial charge on any atom is -0.492 e. The van der Waals surface area contributed by atoms with Crippen LogP contribution in [0.4, 0.5) is 0 Å². The standard InChI is InChI=1S/C10H12O3S/c1-7(2)3-4-13-8-5-9(10(11)12)14-6-8/h5-6H,1,3-4H2,2H3,(H,11,12). The van der Waals surface area contributed by atoms with E-state index in [0.717, 1.165) is 12.0 Å². The third-order valence-corrected chi connectivity index (χ3v) is 2.48. The van der Waals surface area contributed by atoms with Crippen molar-refractivity contribution in [1.82, 2.24) is 0 Å². The molecule has 4 heteroatoms. The summed E-state index contributed by atoms with van der Waals surface area (Å²) in [6.07, 6.45) is 0.790. The molecule has 1 rings (SSSR count). The molecular formula is C10H12O3S. The molecule has 3 nitrogen and oxygen atoms in total. The summed E-state index contributed by atoms with van der Waals surface area (Å²) in [4.78, 5) is 10.8. The zero-order valence-corrected chi connectivity index (χ0v) is 8.76. The lowest BCUT2D eigenvalue weighted by atomic mass is 10.3. The third kappa shape index (κ3) is 3.22. The average molecular weight is 212 g/mol. The Morgan fingerprint density at radius 3 is 2.93 bits per heavy atom. The van der Waals surface area contributed by atoms with Crippen molar-refractivity contribution in [2.45, 2.75) is 13.3 Å². The number of hydrogen-bond acceptors (Lipinski definition) is 3. The fraction of sp³-hybridized carbons (Fsp3) is 0.300. The van der Waals surface area contributed by atoms with Crippen molar-refractivity contribution in [2.75, 3.05) is 6.61 Å². The molecule has 0 aromatic carbocycles. The lowest BCUT2D eigenvalue weighted by Gasteiger charge is -2.01. The van der Waals surface area contributed by atoms with E-state index in [1.807, 2.05) is 6.92 Å². The Morgan fingerprint density at radius 2 is 2.43 bits per heavy atom. The van der Waals surface area contributed by atoms with Gasteiger partial charge in [0.1, 0.15) is 10.6 Å². The van der Waals surface area contributed by atoms with Crippen LogP contribution in [-0.4, -0.2) is 17.7 Å². The largest absolute Gasteiger partial charge is 0.492 e. The molecule has 0 amide bonds. The molecule has 0 fully saturated rings. The second-order valence-corrected chi connectivity index (χ2v) is 3.92. The van der Waals surface area contributed by atoms with Gasteiger partial charge in [-0.15, -0.1) is 17.9 Å². The van der Waals surface area contributed by atoms with E-state index in [0.29, 0.717) is 17.2 Å². The highest BCUT2D eigenvalue weighted by Gasteiger charge is 2.06. The van der Waals surface area contributed by atoms with Crippen molar-refractivity contribution in [3.05, 3.63) is 28.5 Å². The van der Waals surface area contributed by atoms with Crippen LogP contribution in [0.25, 0.3) is 0 Å². The predicted molar refractivity (Wildman–Crippen MR) is 56.2 cm³/mol. The molecule has 0 saturated carbocycles. The average Bonchev–Trinajstić information content (AvgIpc) is 2.52. The van der Waals surface area contributed by atoms with Crippen LogP contribution < -0.4 is 4.74 Å². The first-order valence-electron chi connectivity index (χ1n) is 4.18. The summed E-state index contributed by atoms with van der Waals surface area (Å²) in [5.74, 6) is -0.293. The molecule has 0 aliphatic heterocycles. The molecule has 0 aliphatic carbocycles. The Balaban J connectivity index is 2.44. The number of carboxylic acids is 1. The highest BCUT2D eigenvalue weighted by molar-refractivity contribution is 7.12. The number of carboxylic acid groups (broad SMARTS) is 1. The van der Waals surface area contributed by atoms with Gasteiger partial charge in [0.05, 0.1) is 6.61 Å². The first-order valence-corrected chi connectivity index (χ1v) is 5.06. The van der Waals surface area contributed by atoms with Crippen LogP contribution >= 0.6 is 11.3 Å². The summed E-state index contributed by atoms with van der Waals surface area (Å²) in [5.41, 5.74) is 1.05. The smallest absolute Gasteiger partial charge is 0.346 e. The lowest BCUT2D eigenvalue weighted by molar-refractivity contribution is 0.0702. The highest BCUT2D eigenvalue weighted by atomic mass is 32.1. The summed E-state index contributed by atoms with van der Waals surface area (Å²) < 4.78 is 5.33.